The van der Waals surface area contributed by atoms with Crippen molar-refractivity contribution < 1.29 is 14.3 Å². The zero-order valence-corrected chi connectivity index (χ0v) is 16.8. The van der Waals surface area contributed by atoms with Crippen molar-refractivity contribution in [2.45, 2.75) is 32.9 Å². The molecular formula is C21H28N4O3. The summed E-state index contributed by atoms with van der Waals surface area (Å²) in [6, 6.07) is 7.70. The standard InChI is InChI=1S/C21H28N4O3/c1-4-24(14-17-11-22-23(2)12-17)21(27)18-8-9-20(26)25(15-18)13-16-6-5-7-19(10-16)28-3/h5-7,10-12,18H,4,8-9,13-15H2,1-3H3. The first kappa shape index (κ1) is 19.9. The van der Waals surface area contributed by atoms with Crippen molar-refractivity contribution in [1.82, 2.24) is 19.6 Å². The Labute approximate surface area is 165 Å². The van der Waals surface area contributed by atoms with Crippen LogP contribution in [0, 0.1) is 5.92 Å². The second-order valence-electron chi connectivity index (χ2n) is 7.24. The van der Waals surface area contributed by atoms with Crippen LogP contribution in [0.4, 0.5) is 0 Å². The summed E-state index contributed by atoms with van der Waals surface area (Å²) in [6.07, 6.45) is 4.73. The number of rotatable bonds is 7. The molecule has 1 aliphatic rings. The average Bonchev–Trinajstić information content (AvgIpc) is 3.12. The van der Waals surface area contributed by atoms with Crippen molar-refractivity contribution in [3.8, 4) is 5.75 Å². The molecule has 2 heterocycles. The van der Waals surface area contributed by atoms with Gasteiger partial charge in [-0.25, -0.2) is 0 Å². The Morgan fingerprint density at radius 3 is 2.86 bits per heavy atom. The minimum absolute atomic E-state index is 0.0992. The van der Waals surface area contributed by atoms with Crippen molar-refractivity contribution in [2.24, 2.45) is 13.0 Å². The molecule has 1 aromatic carbocycles. The van der Waals surface area contributed by atoms with Crippen molar-refractivity contribution in [3.05, 3.63) is 47.8 Å². The number of likely N-dealkylation sites (tertiary alicyclic amines) is 1. The van der Waals surface area contributed by atoms with E-state index in [1.165, 1.54) is 0 Å². The van der Waals surface area contributed by atoms with Gasteiger partial charge in [0.1, 0.15) is 5.75 Å². The maximum Gasteiger partial charge on any atom is 0.227 e. The summed E-state index contributed by atoms with van der Waals surface area (Å²) in [5.74, 6) is 0.805. The highest BCUT2D eigenvalue weighted by atomic mass is 16.5. The van der Waals surface area contributed by atoms with Gasteiger partial charge in [0.2, 0.25) is 11.8 Å². The zero-order chi connectivity index (χ0) is 20.1. The molecule has 150 valence electrons. The molecule has 2 amide bonds. The van der Waals surface area contributed by atoms with Crippen LogP contribution in [0.5, 0.6) is 5.75 Å². The van der Waals surface area contributed by atoms with Crippen LogP contribution in [0.2, 0.25) is 0 Å². The van der Waals surface area contributed by atoms with Crippen LogP contribution in [0.1, 0.15) is 30.9 Å². The summed E-state index contributed by atoms with van der Waals surface area (Å²) >= 11 is 0. The van der Waals surface area contributed by atoms with Crippen molar-refractivity contribution in [2.75, 3.05) is 20.2 Å². The van der Waals surface area contributed by atoms with Crippen molar-refractivity contribution in [1.29, 1.82) is 0 Å². The van der Waals surface area contributed by atoms with Gasteiger partial charge in [0.25, 0.3) is 0 Å². The fourth-order valence-electron chi connectivity index (χ4n) is 3.64. The Morgan fingerprint density at radius 2 is 2.18 bits per heavy atom. The Balaban J connectivity index is 1.66. The predicted octanol–water partition coefficient (Wildman–Crippen LogP) is 2.22. The Hall–Kier alpha value is -2.83. The van der Waals surface area contributed by atoms with Gasteiger partial charge < -0.3 is 14.5 Å². The number of nitrogens with zero attached hydrogens (tertiary/aromatic N) is 4. The first-order valence-corrected chi connectivity index (χ1v) is 9.67. The first-order valence-electron chi connectivity index (χ1n) is 9.67. The SMILES string of the molecule is CCN(Cc1cnn(C)c1)C(=O)C1CCC(=O)N(Cc2cccc(OC)c2)C1. The minimum Gasteiger partial charge on any atom is -0.497 e. The summed E-state index contributed by atoms with van der Waals surface area (Å²) in [4.78, 5) is 29.1. The van der Waals surface area contributed by atoms with E-state index < -0.39 is 0 Å². The molecule has 3 rings (SSSR count). The van der Waals surface area contributed by atoms with Crippen molar-refractivity contribution >= 4 is 11.8 Å². The molecule has 1 atom stereocenters. The summed E-state index contributed by atoms with van der Waals surface area (Å²) in [6.45, 7) is 4.11. The molecule has 0 saturated carbocycles. The van der Waals surface area contributed by atoms with E-state index in [2.05, 4.69) is 5.10 Å². The number of carbonyl (C=O) groups is 2. The highest BCUT2D eigenvalue weighted by Crippen LogP contribution is 2.23. The fourth-order valence-corrected chi connectivity index (χ4v) is 3.64. The lowest BCUT2D eigenvalue weighted by Crippen LogP contribution is -2.46. The molecule has 7 nitrogen and oxygen atoms in total. The van der Waals surface area contributed by atoms with Gasteiger partial charge in [-0.2, -0.15) is 5.10 Å². The zero-order valence-electron chi connectivity index (χ0n) is 16.8. The number of aryl methyl sites for hydroxylation is 1. The largest absolute Gasteiger partial charge is 0.497 e. The number of amides is 2. The molecule has 1 saturated heterocycles. The molecule has 0 radical (unpaired) electrons. The smallest absolute Gasteiger partial charge is 0.227 e. The van der Waals surface area contributed by atoms with E-state index in [1.54, 1.807) is 22.9 Å². The Kier molecular flexibility index (Phi) is 6.34. The van der Waals surface area contributed by atoms with E-state index in [-0.39, 0.29) is 17.7 Å². The lowest BCUT2D eigenvalue weighted by atomic mass is 9.95. The summed E-state index contributed by atoms with van der Waals surface area (Å²) in [5, 5.41) is 4.17. The molecule has 1 aliphatic heterocycles. The van der Waals surface area contributed by atoms with Crippen LogP contribution in [-0.2, 0) is 29.7 Å². The minimum atomic E-state index is -0.167. The molecule has 7 heteroatoms. The van der Waals surface area contributed by atoms with Crippen LogP contribution < -0.4 is 4.74 Å². The van der Waals surface area contributed by atoms with Crippen LogP contribution in [0.25, 0.3) is 0 Å². The van der Waals surface area contributed by atoms with E-state index in [1.807, 2.05) is 49.3 Å². The molecule has 28 heavy (non-hydrogen) atoms. The second kappa shape index (κ2) is 8.91. The number of hydrogen-bond donors (Lipinski definition) is 0. The molecule has 0 N–H and O–H groups in total. The Morgan fingerprint density at radius 1 is 1.36 bits per heavy atom. The number of piperidine rings is 1. The van der Waals surface area contributed by atoms with Gasteiger partial charge in [-0.1, -0.05) is 12.1 Å². The van der Waals surface area contributed by atoms with Gasteiger partial charge in [0.15, 0.2) is 0 Å². The van der Waals surface area contributed by atoms with E-state index in [0.717, 1.165) is 16.9 Å². The van der Waals surface area contributed by atoms with Gasteiger partial charge in [0, 0.05) is 51.4 Å². The highest BCUT2D eigenvalue weighted by molar-refractivity contribution is 5.84. The van der Waals surface area contributed by atoms with E-state index >= 15 is 0 Å². The van der Waals surface area contributed by atoms with Gasteiger partial charge in [-0.05, 0) is 31.0 Å². The normalized spacial score (nSPS) is 16.9. The number of ether oxygens (including phenoxy) is 1. The number of carbonyl (C=O) groups excluding carboxylic acids is 2. The van der Waals surface area contributed by atoms with Gasteiger partial charge in [0.05, 0.1) is 19.2 Å². The van der Waals surface area contributed by atoms with Crippen LogP contribution in [0.3, 0.4) is 0 Å². The fraction of sp³-hybridized carbons (Fsp3) is 0.476. The van der Waals surface area contributed by atoms with E-state index in [0.29, 0.717) is 39.0 Å². The molecule has 0 spiro atoms. The third-order valence-electron chi connectivity index (χ3n) is 5.18. The van der Waals surface area contributed by atoms with Crippen molar-refractivity contribution in [3.63, 3.8) is 0 Å². The quantitative estimate of drug-likeness (QED) is 0.734. The number of hydrogen-bond acceptors (Lipinski definition) is 4. The summed E-state index contributed by atoms with van der Waals surface area (Å²) in [5.41, 5.74) is 2.02. The van der Waals surface area contributed by atoms with Crippen LogP contribution in [-0.4, -0.2) is 51.6 Å². The highest BCUT2D eigenvalue weighted by Gasteiger charge is 2.32. The molecule has 2 aromatic rings. The molecule has 0 bridgehead atoms. The lowest BCUT2D eigenvalue weighted by molar-refractivity contribution is -0.143. The molecule has 0 aliphatic carbocycles. The summed E-state index contributed by atoms with van der Waals surface area (Å²) < 4.78 is 7.00. The average molecular weight is 384 g/mol. The third-order valence-corrected chi connectivity index (χ3v) is 5.18. The maximum absolute atomic E-state index is 13.1. The topological polar surface area (TPSA) is 67.7 Å². The molecule has 1 unspecified atom stereocenters. The molecule has 1 fully saturated rings. The lowest BCUT2D eigenvalue weighted by Gasteiger charge is -2.34. The van der Waals surface area contributed by atoms with E-state index in [4.69, 9.17) is 4.74 Å². The molecule has 1 aromatic heterocycles. The number of benzene rings is 1. The first-order chi connectivity index (χ1) is 13.5. The predicted molar refractivity (Wildman–Crippen MR) is 105 cm³/mol. The van der Waals surface area contributed by atoms with Gasteiger partial charge >= 0.3 is 0 Å². The third kappa shape index (κ3) is 4.71. The van der Waals surface area contributed by atoms with Crippen LogP contribution >= 0.6 is 0 Å². The number of methoxy groups -OCH3 is 1. The van der Waals surface area contributed by atoms with E-state index in [9.17, 15) is 9.59 Å². The molecular weight excluding hydrogens is 356 g/mol. The van der Waals surface area contributed by atoms with Gasteiger partial charge in [-0.15, -0.1) is 0 Å². The monoisotopic (exact) mass is 384 g/mol. The Bertz CT molecular complexity index is 833. The number of aromatic nitrogens is 2. The van der Waals surface area contributed by atoms with Crippen LogP contribution in [0.15, 0.2) is 36.7 Å². The summed E-state index contributed by atoms with van der Waals surface area (Å²) in [7, 11) is 3.49. The second-order valence-corrected chi connectivity index (χ2v) is 7.24. The maximum atomic E-state index is 13.1. The van der Waals surface area contributed by atoms with Gasteiger partial charge in [-0.3, -0.25) is 14.3 Å².